The summed E-state index contributed by atoms with van der Waals surface area (Å²) in [6.07, 6.45) is 3.98. The Morgan fingerprint density at radius 3 is 1.97 bits per heavy atom. The van der Waals surface area contributed by atoms with Gasteiger partial charge in [-0.2, -0.15) is 0 Å². The first-order valence-electron chi connectivity index (χ1n) is 10.1. The van der Waals surface area contributed by atoms with Crippen LogP contribution in [0.2, 0.25) is 0 Å². The first-order valence-corrected chi connectivity index (χ1v) is 11.6. The summed E-state index contributed by atoms with van der Waals surface area (Å²) >= 11 is 0. The van der Waals surface area contributed by atoms with Crippen molar-refractivity contribution in [3.8, 4) is 0 Å². The predicted octanol–water partition coefficient (Wildman–Crippen LogP) is -0.536. The highest BCUT2D eigenvalue weighted by Gasteiger charge is 2.22. The van der Waals surface area contributed by atoms with Crippen LogP contribution in [0.25, 0.3) is 0 Å². The standard InChI is InChI=1S/C18H34NO10P/c1-3-5-7-9-16(20)26-11-14(29-17(21)10-8-6-4-2)12-27-30(24,25)28-13-15(19)18(22)23/h14-15H,3-13,19H2,1-2H3,(H,22,23)(H,24,25)/p-1/t14-,15+/m1/s1. The Morgan fingerprint density at radius 1 is 0.900 bits per heavy atom. The van der Waals surface area contributed by atoms with Crippen LogP contribution in [0.3, 0.4) is 0 Å². The smallest absolute Gasteiger partial charge is 0.306 e. The van der Waals surface area contributed by atoms with Gasteiger partial charge in [-0.3, -0.25) is 14.2 Å². The number of carbonyl (C=O) groups excluding carboxylic acids is 3. The van der Waals surface area contributed by atoms with E-state index in [1.54, 1.807) is 0 Å². The molecule has 30 heavy (non-hydrogen) atoms. The molecule has 0 bridgehead atoms. The largest absolute Gasteiger partial charge is 0.756 e. The van der Waals surface area contributed by atoms with Gasteiger partial charge in [-0.25, -0.2) is 0 Å². The van der Waals surface area contributed by atoms with Crippen molar-refractivity contribution in [3.63, 3.8) is 0 Å². The normalized spacial score (nSPS) is 15.1. The zero-order chi connectivity index (χ0) is 23.0. The van der Waals surface area contributed by atoms with E-state index in [2.05, 4.69) is 14.8 Å². The average molecular weight is 454 g/mol. The number of unbranched alkanes of at least 4 members (excludes halogenated alkanes) is 4. The van der Waals surface area contributed by atoms with Crippen molar-refractivity contribution in [2.75, 3.05) is 19.8 Å². The number of carboxylic acid groups (broad SMARTS) is 1. The number of aliphatic carboxylic acids is 1. The summed E-state index contributed by atoms with van der Waals surface area (Å²) in [6, 6.07) is -1.41. The summed E-state index contributed by atoms with van der Waals surface area (Å²) in [4.78, 5) is 46.0. The van der Waals surface area contributed by atoms with Gasteiger partial charge in [0.2, 0.25) is 0 Å². The summed E-state index contributed by atoms with van der Waals surface area (Å²) in [5.74, 6) is -2.65. The lowest BCUT2D eigenvalue weighted by atomic mass is 10.2. The van der Waals surface area contributed by atoms with Gasteiger partial charge >= 0.3 is 11.9 Å². The number of quaternary nitrogens is 1. The van der Waals surface area contributed by atoms with Crippen molar-refractivity contribution in [2.45, 2.75) is 77.4 Å². The molecule has 0 radical (unpaired) electrons. The molecule has 3 N–H and O–H groups in total. The lowest BCUT2D eigenvalue weighted by Gasteiger charge is -2.26. The number of esters is 2. The minimum Gasteiger partial charge on any atom is -0.756 e. The Kier molecular flexibility index (Phi) is 15.4. The Labute approximate surface area is 176 Å². The van der Waals surface area contributed by atoms with Gasteiger partial charge < -0.3 is 39.0 Å². The van der Waals surface area contributed by atoms with Crippen molar-refractivity contribution < 1.29 is 53.2 Å². The molecule has 176 valence electrons. The van der Waals surface area contributed by atoms with E-state index < -0.39 is 51.1 Å². The number of ether oxygens (including phenoxy) is 2. The third-order valence-corrected chi connectivity index (χ3v) is 4.81. The highest BCUT2D eigenvalue weighted by molar-refractivity contribution is 7.45. The quantitative estimate of drug-likeness (QED) is 0.161. The maximum Gasteiger partial charge on any atom is 0.306 e. The average Bonchev–Trinajstić information content (AvgIpc) is 2.68. The number of carboxylic acids is 1. The summed E-state index contributed by atoms with van der Waals surface area (Å²) in [6.45, 7) is 2.18. The zero-order valence-electron chi connectivity index (χ0n) is 17.7. The Morgan fingerprint density at radius 2 is 1.43 bits per heavy atom. The fourth-order valence-corrected chi connectivity index (χ4v) is 2.90. The molecule has 0 aromatic carbocycles. The number of hydrogen-bond donors (Lipinski definition) is 1. The first kappa shape index (κ1) is 28.5. The second kappa shape index (κ2) is 16.2. The second-order valence-corrected chi connectivity index (χ2v) is 8.17. The molecule has 3 atom stereocenters. The highest BCUT2D eigenvalue weighted by atomic mass is 31.2. The third-order valence-electron chi connectivity index (χ3n) is 3.88. The van der Waals surface area contributed by atoms with Gasteiger partial charge in [0.25, 0.3) is 7.82 Å². The summed E-state index contributed by atoms with van der Waals surface area (Å²) < 4.78 is 31.0. The predicted molar refractivity (Wildman–Crippen MR) is 100 cm³/mol. The van der Waals surface area contributed by atoms with E-state index in [0.717, 1.165) is 25.7 Å². The van der Waals surface area contributed by atoms with Crippen LogP contribution in [0.5, 0.6) is 0 Å². The molecule has 0 aliphatic heterocycles. The molecule has 1 unspecified atom stereocenters. The minimum absolute atomic E-state index is 0.134. The highest BCUT2D eigenvalue weighted by Crippen LogP contribution is 2.38. The maximum atomic E-state index is 11.9. The van der Waals surface area contributed by atoms with Gasteiger partial charge in [-0.1, -0.05) is 39.5 Å². The van der Waals surface area contributed by atoms with E-state index in [-0.39, 0.29) is 19.4 Å². The van der Waals surface area contributed by atoms with Crippen molar-refractivity contribution in [1.29, 1.82) is 0 Å². The number of hydrogen-bond acceptors (Lipinski definition) is 10. The third kappa shape index (κ3) is 15.3. The fraction of sp³-hybridized carbons (Fsp3) is 0.833. The molecule has 0 spiro atoms. The second-order valence-electron chi connectivity index (χ2n) is 6.76. The van der Waals surface area contributed by atoms with Crippen LogP contribution in [0.15, 0.2) is 0 Å². The van der Waals surface area contributed by atoms with Crippen LogP contribution in [-0.2, 0) is 37.5 Å². The van der Waals surface area contributed by atoms with Crippen LogP contribution in [0.1, 0.15) is 65.2 Å². The molecular weight excluding hydrogens is 421 g/mol. The van der Waals surface area contributed by atoms with Crippen molar-refractivity contribution in [1.82, 2.24) is 0 Å². The molecule has 0 amide bonds. The summed E-state index contributed by atoms with van der Waals surface area (Å²) in [5, 5.41) is 10.6. The topological polar surface area (TPSA) is 179 Å². The molecule has 12 heteroatoms. The molecular formula is C18H33NO10P-. The zero-order valence-corrected chi connectivity index (χ0v) is 18.6. The molecule has 0 saturated heterocycles. The molecule has 0 heterocycles. The lowest BCUT2D eigenvalue weighted by Crippen LogP contribution is -2.70. The minimum atomic E-state index is -4.89. The first-order chi connectivity index (χ1) is 14.1. The van der Waals surface area contributed by atoms with E-state index in [1.807, 2.05) is 13.8 Å². The van der Waals surface area contributed by atoms with E-state index >= 15 is 0 Å². The van der Waals surface area contributed by atoms with Gasteiger partial charge in [-0.15, -0.1) is 0 Å². The number of phosphoric acid groups is 1. The van der Waals surface area contributed by atoms with Gasteiger partial charge in [0.05, 0.1) is 6.61 Å². The fourth-order valence-electron chi connectivity index (χ4n) is 2.12. The van der Waals surface area contributed by atoms with E-state index in [1.165, 1.54) is 0 Å². The van der Waals surface area contributed by atoms with Gasteiger partial charge in [-0.05, 0) is 12.8 Å². The van der Waals surface area contributed by atoms with Crippen molar-refractivity contribution in [2.24, 2.45) is 0 Å². The molecule has 0 rings (SSSR count). The number of carbonyl (C=O) groups is 3. The Hall–Kier alpha value is -1.52. The number of phosphoric ester groups is 1. The van der Waals surface area contributed by atoms with Gasteiger partial charge in [0.15, 0.2) is 6.10 Å². The molecule has 0 aliphatic rings. The van der Waals surface area contributed by atoms with Crippen LogP contribution in [-0.4, -0.2) is 49.9 Å². The van der Waals surface area contributed by atoms with Crippen LogP contribution in [0, 0.1) is 0 Å². The number of rotatable bonds is 18. The Bertz CT molecular complexity index is 571. The van der Waals surface area contributed by atoms with Crippen LogP contribution >= 0.6 is 7.82 Å². The molecule has 0 aromatic rings. The van der Waals surface area contributed by atoms with E-state index in [0.29, 0.717) is 12.8 Å². The van der Waals surface area contributed by atoms with Crippen LogP contribution in [0.4, 0.5) is 0 Å². The van der Waals surface area contributed by atoms with Crippen molar-refractivity contribution in [3.05, 3.63) is 0 Å². The molecule has 0 saturated carbocycles. The molecule has 0 aliphatic carbocycles. The monoisotopic (exact) mass is 454 g/mol. The van der Waals surface area contributed by atoms with Crippen LogP contribution < -0.4 is 15.7 Å². The molecule has 0 fully saturated rings. The summed E-state index contributed by atoms with van der Waals surface area (Å²) in [5.41, 5.74) is 3.16. The molecule has 11 nitrogen and oxygen atoms in total. The lowest BCUT2D eigenvalue weighted by molar-refractivity contribution is -0.441. The van der Waals surface area contributed by atoms with E-state index in [4.69, 9.17) is 9.47 Å². The van der Waals surface area contributed by atoms with Gasteiger partial charge in [0.1, 0.15) is 25.2 Å². The van der Waals surface area contributed by atoms with E-state index in [9.17, 15) is 28.9 Å². The maximum absolute atomic E-state index is 11.9. The SMILES string of the molecule is CCCCCC(=O)OC[C@H](COP(=O)([O-])OC[C@H]([NH3+])C(=O)[O-])OC(=O)CCCCC. The van der Waals surface area contributed by atoms with Crippen molar-refractivity contribution >= 4 is 25.7 Å². The van der Waals surface area contributed by atoms with Gasteiger partial charge in [0, 0.05) is 12.8 Å². The molecule has 0 aromatic heterocycles. The summed E-state index contributed by atoms with van der Waals surface area (Å²) in [7, 11) is -4.89. The Balaban J connectivity index is 4.68.